The first-order valence-electron chi connectivity index (χ1n) is 12.6. The van der Waals surface area contributed by atoms with Crippen molar-refractivity contribution in [3.63, 3.8) is 0 Å². The monoisotopic (exact) mass is 474 g/mol. The molecule has 4 aliphatic rings. The van der Waals surface area contributed by atoms with Gasteiger partial charge in [0, 0.05) is 38.0 Å². The summed E-state index contributed by atoms with van der Waals surface area (Å²) in [6, 6.07) is 0. The zero-order valence-corrected chi connectivity index (χ0v) is 21.2. The molecule has 0 saturated heterocycles. The van der Waals surface area contributed by atoms with Gasteiger partial charge in [-0.2, -0.15) is 0 Å². The molecule has 0 aromatic carbocycles. The molecule has 9 atom stereocenters. The Labute approximate surface area is 202 Å². The fourth-order valence-corrected chi connectivity index (χ4v) is 8.36. The number of rotatable bonds is 4. The Morgan fingerprint density at radius 3 is 2.09 bits per heavy atom. The predicted octanol–water partition coefficient (Wildman–Crippen LogP) is 4.17. The van der Waals surface area contributed by atoms with Crippen LogP contribution in [0.3, 0.4) is 0 Å². The minimum atomic E-state index is -0.427. The second kappa shape index (κ2) is 8.80. The van der Waals surface area contributed by atoms with Crippen molar-refractivity contribution in [1.82, 2.24) is 0 Å². The van der Waals surface area contributed by atoms with E-state index in [9.17, 15) is 19.2 Å². The summed E-state index contributed by atoms with van der Waals surface area (Å²) in [4.78, 5) is 48.6. The smallest absolute Gasteiger partial charge is 0.302 e. The van der Waals surface area contributed by atoms with E-state index in [-0.39, 0.29) is 71.1 Å². The highest BCUT2D eigenvalue weighted by molar-refractivity contribution is 5.95. The van der Waals surface area contributed by atoms with Gasteiger partial charge in [0.05, 0.1) is 0 Å². The Bertz CT molecular complexity index is 922. The van der Waals surface area contributed by atoms with E-state index < -0.39 is 5.41 Å². The standard InChI is InChI=1S/C27H38O7/c1-14(28)20-7-8-21-24-22(33-16(3)30)12-18-11-19(32-15(2)29)9-10-26(18,5)25(24)23(34-17(4)31)13-27(20,21)6/h7,18-19,21-25H,8-13H2,1-6H3/t18?,19-,21-,22+,23+,24+,25-,26-,27+/m0/s1. The molecule has 0 spiro atoms. The summed E-state index contributed by atoms with van der Waals surface area (Å²) in [5.41, 5.74) is 0.225. The van der Waals surface area contributed by atoms with E-state index in [0.29, 0.717) is 19.3 Å². The third kappa shape index (κ3) is 4.09. The lowest BCUT2D eigenvalue weighted by Crippen LogP contribution is -2.64. The van der Waals surface area contributed by atoms with Crippen LogP contribution in [0.4, 0.5) is 0 Å². The van der Waals surface area contributed by atoms with E-state index in [1.54, 1.807) is 6.92 Å². The van der Waals surface area contributed by atoms with Gasteiger partial charge in [-0.1, -0.05) is 19.9 Å². The van der Waals surface area contributed by atoms with Crippen molar-refractivity contribution >= 4 is 23.7 Å². The lowest BCUT2D eigenvalue weighted by molar-refractivity contribution is -0.224. The Morgan fingerprint density at radius 2 is 1.50 bits per heavy atom. The molecule has 0 N–H and O–H groups in total. The number of esters is 3. The highest BCUT2D eigenvalue weighted by Gasteiger charge is 2.66. The van der Waals surface area contributed by atoms with E-state index in [0.717, 1.165) is 24.8 Å². The van der Waals surface area contributed by atoms with Gasteiger partial charge in [0.1, 0.15) is 18.3 Å². The van der Waals surface area contributed by atoms with Crippen molar-refractivity contribution in [2.75, 3.05) is 0 Å². The van der Waals surface area contributed by atoms with E-state index in [1.165, 1.54) is 20.8 Å². The molecule has 0 bridgehead atoms. The number of ether oxygens (including phenoxy) is 3. The fourth-order valence-electron chi connectivity index (χ4n) is 8.36. The van der Waals surface area contributed by atoms with Crippen molar-refractivity contribution in [2.24, 2.45) is 34.5 Å². The molecule has 7 nitrogen and oxygen atoms in total. The van der Waals surface area contributed by atoms with Crippen molar-refractivity contribution < 1.29 is 33.4 Å². The van der Waals surface area contributed by atoms with E-state index in [4.69, 9.17) is 14.2 Å². The maximum absolute atomic E-state index is 12.6. The summed E-state index contributed by atoms with van der Waals surface area (Å²) >= 11 is 0. The summed E-state index contributed by atoms with van der Waals surface area (Å²) < 4.78 is 17.6. The van der Waals surface area contributed by atoms with Gasteiger partial charge in [0.25, 0.3) is 0 Å². The molecule has 0 aromatic heterocycles. The molecule has 188 valence electrons. The normalized spacial score (nSPS) is 42.9. The number of carbonyl (C=O) groups is 4. The molecule has 3 saturated carbocycles. The summed E-state index contributed by atoms with van der Waals surface area (Å²) in [5, 5.41) is 0. The van der Waals surface area contributed by atoms with Crippen LogP contribution in [0.2, 0.25) is 0 Å². The zero-order chi connectivity index (χ0) is 25.0. The Kier molecular flexibility index (Phi) is 6.45. The molecule has 0 aromatic rings. The Morgan fingerprint density at radius 1 is 0.882 bits per heavy atom. The van der Waals surface area contributed by atoms with E-state index in [1.807, 2.05) is 0 Å². The largest absolute Gasteiger partial charge is 0.463 e. The molecule has 0 aliphatic heterocycles. The highest BCUT2D eigenvalue weighted by atomic mass is 16.6. The van der Waals surface area contributed by atoms with Crippen LogP contribution in [0.5, 0.6) is 0 Å². The lowest BCUT2D eigenvalue weighted by atomic mass is 9.43. The molecule has 0 amide bonds. The molecular weight excluding hydrogens is 436 g/mol. The van der Waals surface area contributed by atoms with Crippen LogP contribution in [0.15, 0.2) is 11.6 Å². The lowest BCUT2D eigenvalue weighted by Gasteiger charge is -2.63. The molecule has 1 unspecified atom stereocenters. The fraction of sp³-hybridized carbons (Fsp3) is 0.778. The molecule has 0 heterocycles. The molecule has 3 fully saturated rings. The number of allylic oxidation sites excluding steroid dienone is 2. The molecule has 7 heteroatoms. The third-order valence-electron chi connectivity index (χ3n) is 9.45. The number of fused-ring (bicyclic) bond motifs is 5. The van der Waals surface area contributed by atoms with Gasteiger partial charge >= 0.3 is 17.9 Å². The maximum atomic E-state index is 12.6. The minimum Gasteiger partial charge on any atom is -0.463 e. The molecule has 0 radical (unpaired) electrons. The topological polar surface area (TPSA) is 96.0 Å². The molecule has 34 heavy (non-hydrogen) atoms. The van der Waals surface area contributed by atoms with Crippen LogP contribution >= 0.6 is 0 Å². The Balaban J connectivity index is 1.77. The summed E-state index contributed by atoms with van der Waals surface area (Å²) in [7, 11) is 0. The summed E-state index contributed by atoms with van der Waals surface area (Å²) in [5.74, 6) is -0.608. The van der Waals surface area contributed by atoms with Crippen LogP contribution < -0.4 is 0 Å². The highest BCUT2D eigenvalue weighted by Crippen LogP contribution is 2.67. The number of carbonyl (C=O) groups excluding carboxylic acids is 4. The second-order valence-corrected chi connectivity index (χ2v) is 11.5. The first kappa shape index (κ1) is 24.9. The van der Waals surface area contributed by atoms with Crippen LogP contribution in [0, 0.1) is 34.5 Å². The SMILES string of the molecule is CC(=O)O[C@H]1CC[C@@]2(C)C(C1)C[C@@H](OC(C)=O)[C@@H]1[C@@H]2[C@H](OC(C)=O)C[C@]2(C)C(C(C)=O)=CC[C@@H]12. The number of hydrogen-bond donors (Lipinski definition) is 0. The molecule has 4 aliphatic carbocycles. The zero-order valence-electron chi connectivity index (χ0n) is 21.2. The average Bonchev–Trinajstić information content (AvgIpc) is 3.04. The summed E-state index contributed by atoms with van der Waals surface area (Å²) in [6.07, 6.45) is 5.55. The van der Waals surface area contributed by atoms with Crippen molar-refractivity contribution in [1.29, 1.82) is 0 Å². The van der Waals surface area contributed by atoms with Gasteiger partial charge in [-0.25, -0.2) is 0 Å². The van der Waals surface area contributed by atoms with Crippen molar-refractivity contribution in [2.45, 2.75) is 98.4 Å². The van der Waals surface area contributed by atoms with Gasteiger partial charge in [-0.15, -0.1) is 0 Å². The van der Waals surface area contributed by atoms with Crippen molar-refractivity contribution in [3.8, 4) is 0 Å². The molecule has 4 rings (SSSR count). The van der Waals surface area contributed by atoms with Crippen LogP contribution in [0.25, 0.3) is 0 Å². The first-order chi connectivity index (χ1) is 15.9. The quantitative estimate of drug-likeness (QED) is 0.446. The molecular formula is C27H38O7. The predicted molar refractivity (Wildman–Crippen MR) is 123 cm³/mol. The average molecular weight is 475 g/mol. The first-order valence-corrected chi connectivity index (χ1v) is 12.6. The number of Topliss-reactive ketones (excluding diaryl/α,β-unsaturated/α-hetero) is 1. The van der Waals surface area contributed by atoms with Crippen LogP contribution in [0.1, 0.15) is 80.1 Å². The minimum absolute atomic E-state index is 0.00411. The second-order valence-electron chi connectivity index (χ2n) is 11.5. The van der Waals surface area contributed by atoms with Gasteiger partial charge in [-0.05, 0) is 68.3 Å². The van der Waals surface area contributed by atoms with Gasteiger partial charge < -0.3 is 14.2 Å². The number of hydrogen-bond acceptors (Lipinski definition) is 7. The number of ketones is 1. The third-order valence-corrected chi connectivity index (χ3v) is 9.45. The van der Waals surface area contributed by atoms with E-state index in [2.05, 4.69) is 19.9 Å². The van der Waals surface area contributed by atoms with Gasteiger partial charge in [-0.3, -0.25) is 19.2 Å². The van der Waals surface area contributed by atoms with Gasteiger partial charge in [0.2, 0.25) is 0 Å². The van der Waals surface area contributed by atoms with E-state index >= 15 is 0 Å². The van der Waals surface area contributed by atoms with Crippen LogP contribution in [-0.4, -0.2) is 42.0 Å². The van der Waals surface area contributed by atoms with Crippen molar-refractivity contribution in [3.05, 3.63) is 11.6 Å². The van der Waals surface area contributed by atoms with Gasteiger partial charge in [0.15, 0.2) is 5.78 Å². The summed E-state index contributed by atoms with van der Waals surface area (Å²) in [6.45, 7) is 10.3. The van der Waals surface area contributed by atoms with Crippen LogP contribution in [-0.2, 0) is 33.4 Å². The maximum Gasteiger partial charge on any atom is 0.302 e. The Hall–Kier alpha value is -2.18.